The second-order valence-corrected chi connectivity index (χ2v) is 7.63. The number of imidazole rings is 1. The van der Waals surface area contributed by atoms with Gasteiger partial charge in [0.25, 0.3) is 0 Å². The Hall–Kier alpha value is -3.65. The second-order valence-electron chi connectivity index (χ2n) is 7.63. The number of nitrogens with zero attached hydrogens (tertiary/aromatic N) is 3. The number of rotatable bonds is 9. The highest BCUT2D eigenvalue weighted by atomic mass is 16.5. The van der Waals surface area contributed by atoms with Crippen LogP contribution in [-0.2, 0) is 17.9 Å². The van der Waals surface area contributed by atoms with Gasteiger partial charge in [0.2, 0.25) is 0 Å². The Morgan fingerprint density at radius 1 is 1.03 bits per heavy atom. The van der Waals surface area contributed by atoms with Crippen LogP contribution in [0.25, 0.3) is 11.2 Å². The fourth-order valence-corrected chi connectivity index (χ4v) is 3.53. The van der Waals surface area contributed by atoms with E-state index in [1.165, 1.54) is 0 Å². The van der Waals surface area contributed by atoms with Gasteiger partial charge in [0.1, 0.15) is 11.3 Å². The lowest BCUT2D eigenvalue weighted by Gasteiger charge is -2.11. The molecule has 0 amide bonds. The summed E-state index contributed by atoms with van der Waals surface area (Å²) in [5.41, 5.74) is 3.61. The molecule has 0 spiro atoms. The third kappa shape index (κ3) is 4.65. The van der Waals surface area contributed by atoms with Crippen LogP contribution in [0.5, 0.6) is 11.5 Å². The van der Waals surface area contributed by atoms with E-state index in [4.69, 9.17) is 24.6 Å². The van der Waals surface area contributed by atoms with Crippen molar-refractivity contribution in [3.05, 3.63) is 77.3 Å². The van der Waals surface area contributed by atoms with Crippen LogP contribution in [0.3, 0.4) is 0 Å². The lowest BCUT2D eigenvalue weighted by atomic mass is 10.2. The Bertz CT molecular complexity index is 1250. The molecular formula is C24H27N5O3. The molecule has 0 aliphatic carbocycles. The van der Waals surface area contributed by atoms with Crippen LogP contribution >= 0.6 is 0 Å². The van der Waals surface area contributed by atoms with E-state index in [-0.39, 0.29) is 11.4 Å². The molecule has 8 heteroatoms. The van der Waals surface area contributed by atoms with Gasteiger partial charge in [-0.2, -0.15) is 0 Å². The summed E-state index contributed by atoms with van der Waals surface area (Å²) in [5.74, 6) is 2.16. The van der Waals surface area contributed by atoms with Gasteiger partial charge in [-0.05, 0) is 23.3 Å². The number of benzene rings is 2. The van der Waals surface area contributed by atoms with Crippen LogP contribution in [0, 0.1) is 5.41 Å². The molecule has 0 aliphatic heterocycles. The fraction of sp³-hybridized carbons (Fsp3) is 0.292. The first kappa shape index (κ1) is 21.6. The van der Waals surface area contributed by atoms with Gasteiger partial charge in [-0.1, -0.05) is 43.3 Å². The van der Waals surface area contributed by atoms with Crippen molar-refractivity contribution in [2.24, 2.45) is 0 Å². The van der Waals surface area contributed by atoms with Crippen LogP contribution in [0.15, 0.2) is 54.9 Å². The summed E-state index contributed by atoms with van der Waals surface area (Å²) in [7, 11) is 3.23. The maximum absolute atomic E-state index is 8.20. The Morgan fingerprint density at radius 2 is 1.81 bits per heavy atom. The van der Waals surface area contributed by atoms with Crippen molar-refractivity contribution in [1.29, 1.82) is 5.41 Å². The fourth-order valence-electron chi connectivity index (χ4n) is 3.53. The van der Waals surface area contributed by atoms with Crippen LogP contribution < -0.4 is 15.0 Å². The van der Waals surface area contributed by atoms with Crippen molar-refractivity contribution in [3.63, 3.8) is 0 Å². The molecule has 0 aliphatic rings. The molecule has 4 aromatic rings. The number of methoxy groups -OCH3 is 2. The zero-order valence-corrected chi connectivity index (χ0v) is 18.5. The van der Waals surface area contributed by atoms with Gasteiger partial charge >= 0.3 is 0 Å². The number of nitrogens with one attached hydrogen (secondary N) is 2. The first-order chi connectivity index (χ1) is 15.6. The molecule has 0 bridgehead atoms. The van der Waals surface area contributed by atoms with E-state index in [1.807, 2.05) is 53.1 Å². The summed E-state index contributed by atoms with van der Waals surface area (Å²) < 4.78 is 18.5. The normalized spacial score (nSPS) is 12.1. The molecule has 1 unspecified atom stereocenters. The summed E-state index contributed by atoms with van der Waals surface area (Å²) in [6.45, 7) is 3.66. The van der Waals surface area contributed by atoms with Gasteiger partial charge in [-0.3, -0.25) is 5.41 Å². The molecule has 166 valence electrons. The molecular weight excluding hydrogens is 406 g/mol. The second kappa shape index (κ2) is 9.65. The lowest BCUT2D eigenvalue weighted by Crippen LogP contribution is -2.13. The van der Waals surface area contributed by atoms with Crippen molar-refractivity contribution in [2.75, 3.05) is 20.8 Å². The lowest BCUT2D eigenvalue weighted by molar-refractivity contribution is 0.109. The van der Waals surface area contributed by atoms with Gasteiger partial charge < -0.3 is 23.8 Å². The monoisotopic (exact) mass is 433 g/mol. The van der Waals surface area contributed by atoms with Crippen molar-refractivity contribution < 1.29 is 14.2 Å². The number of ether oxygens (including phenoxy) is 3. The Kier molecular flexibility index (Phi) is 6.51. The van der Waals surface area contributed by atoms with Crippen LogP contribution in [0.4, 0.5) is 0 Å². The summed E-state index contributed by atoms with van der Waals surface area (Å²) in [6.07, 6.45) is 1.64. The highest BCUT2D eigenvalue weighted by molar-refractivity contribution is 5.69. The van der Waals surface area contributed by atoms with Crippen molar-refractivity contribution >= 4 is 11.2 Å². The van der Waals surface area contributed by atoms with Gasteiger partial charge in [0.15, 0.2) is 22.6 Å². The maximum atomic E-state index is 8.20. The van der Waals surface area contributed by atoms with Gasteiger partial charge in [0.05, 0.1) is 40.3 Å². The molecule has 0 saturated carbocycles. The zero-order chi connectivity index (χ0) is 22.5. The third-order valence-corrected chi connectivity index (χ3v) is 5.29. The number of aromatic nitrogens is 4. The zero-order valence-electron chi connectivity index (χ0n) is 18.5. The molecule has 32 heavy (non-hydrogen) atoms. The van der Waals surface area contributed by atoms with Crippen LogP contribution in [-0.4, -0.2) is 40.3 Å². The van der Waals surface area contributed by atoms with E-state index >= 15 is 0 Å². The average Bonchev–Trinajstić information content (AvgIpc) is 3.28. The molecule has 2 aromatic carbocycles. The largest absolute Gasteiger partial charge is 0.493 e. The summed E-state index contributed by atoms with van der Waals surface area (Å²) in [6, 6.07) is 15.9. The highest BCUT2D eigenvalue weighted by Gasteiger charge is 2.15. The van der Waals surface area contributed by atoms with Gasteiger partial charge in [-0.15, -0.1) is 0 Å². The topological polar surface area (TPSA) is 98.0 Å². The van der Waals surface area contributed by atoms with Crippen LogP contribution in [0.1, 0.15) is 29.8 Å². The minimum Gasteiger partial charge on any atom is -0.493 e. The predicted octanol–water partition coefficient (Wildman–Crippen LogP) is 3.62. The van der Waals surface area contributed by atoms with Crippen molar-refractivity contribution in [2.45, 2.75) is 26.0 Å². The number of hydrogen-bond donors (Lipinski definition) is 2. The van der Waals surface area contributed by atoms with E-state index in [0.29, 0.717) is 42.4 Å². The summed E-state index contributed by atoms with van der Waals surface area (Å²) in [4.78, 5) is 12.3. The summed E-state index contributed by atoms with van der Waals surface area (Å²) >= 11 is 0. The molecule has 8 nitrogen and oxygen atoms in total. The average molecular weight is 434 g/mol. The quantitative estimate of drug-likeness (QED) is 0.420. The SMILES string of the molecule is COc1ccc(Cn2cnc(=N)c3[nH]c(C(C)COCc4ccccc4)nc32)cc1OC. The molecule has 2 heterocycles. The Balaban J connectivity index is 1.54. The van der Waals surface area contributed by atoms with Crippen molar-refractivity contribution in [3.8, 4) is 11.5 Å². The molecule has 0 saturated heterocycles. The van der Waals surface area contributed by atoms with E-state index in [9.17, 15) is 0 Å². The predicted molar refractivity (Wildman–Crippen MR) is 121 cm³/mol. The minimum atomic E-state index is 0.0417. The van der Waals surface area contributed by atoms with Gasteiger partial charge in [0, 0.05) is 5.92 Å². The molecule has 2 N–H and O–H groups in total. The molecule has 4 rings (SSSR count). The molecule has 0 radical (unpaired) electrons. The Morgan fingerprint density at radius 3 is 2.56 bits per heavy atom. The summed E-state index contributed by atoms with van der Waals surface area (Å²) in [5, 5.41) is 8.20. The minimum absolute atomic E-state index is 0.0417. The maximum Gasteiger partial charge on any atom is 0.173 e. The standard InChI is InChI=1S/C24H27N5O3/c1-16(13-32-14-17-7-5-4-6-8-17)23-27-21-22(25)26-15-29(24(21)28-23)12-18-9-10-19(30-2)20(11-18)31-3/h4-11,15-16,25H,12-14H2,1-3H3,(H,27,28). The van der Waals surface area contributed by atoms with E-state index in [0.717, 1.165) is 17.0 Å². The first-order valence-electron chi connectivity index (χ1n) is 10.4. The highest BCUT2D eigenvalue weighted by Crippen LogP contribution is 2.28. The molecule has 2 aromatic heterocycles. The van der Waals surface area contributed by atoms with Crippen molar-refractivity contribution in [1.82, 2.24) is 19.5 Å². The number of H-pyrrole nitrogens is 1. The van der Waals surface area contributed by atoms with Gasteiger partial charge in [-0.25, -0.2) is 9.97 Å². The van der Waals surface area contributed by atoms with E-state index in [2.05, 4.69) is 16.9 Å². The number of hydrogen-bond acceptors (Lipinski definition) is 6. The smallest absolute Gasteiger partial charge is 0.173 e. The molecule has 1 atom stereocenters. The number of aromatic amines is 1. The van der Waals surface area contributed by atoms with Crippen LogP contribution in [0.2, 0.25) is 0 Å². The van der Waals surface area contributed by atoms with E-state index in [1.54, 1.807) is 20.5 Å². The molecule has 0 fully saturated rings. The first-order valence-corrected chi connectivity index (χ1v) is 10.4. The Labute approximate surface area is 186 Å². The third-order valence-electron chi connectivity index (χ3n) is 5.29. The van der Waals surface area contributed by atoms with E-state index < -0.39 is 0 Å². The number of fused-ring (bicyclic) bond motifs is 1.